The van der Waals surface area contributed by atoms with E-state index in [1.54, 1.807) is 6.20 Å². The second kappa shape index (κ2) is 5.40. The molecule has 18 heavy (non-hydrogen) atoms. The lowest BCUT2D eigenvalue weighted by atomic mass is 9.71. The molecule has 92 valence electrons. The molecule has 2 unspecified atom stereocenters. The molecule has 2 aliphatic carbocycles. The van der Waals surface area contributed by atoms with Gasteiger partial charge in [0.05, 0.1) is 0 Å². The Kier molecular flexibility index (Phi) is 3.46. The van der Waals surface area contributed by atoms with Crippen molar-refractivity contribution in [3.63, 3.8) is 0 Å². The van der Waals surface area contributed by atoms with E-state index in [2.05, 4.69) is 22.9 Å². The number of nitrogens with zero attached hydrogens (tertiary/aromatic N) is 1. The molecule has 1 fully saturated rings. The zero-order valence-electron chi connectivity index (χ0n) is 10.7. The van der Waals surface area contributed by atoms with Gasteiger partial charge in [-0.2, -0.15) is 0 Å². The lowest BCUT2D eigenvalue weighted by molar-refractivity contribution is 0.228. The normalized spacial score (nSPS) is 26.6. The fraction of sp³-hybridized carbons (Fsp3) is 0.471. The summed E-state index contributed by atoms with van der Waals surface area (Å²) in [4.78, 5) is 4.24. The Balaban J connectivity index is 1.71. The summed E-state index contributed by atoms with van der Waals surface area (Å²) >= 11 is 0. The van der Waals surface area contributed by atoms with Crippen LogP contribution >= 0.6 is 0 Å². The van der Waals surface area contributed by atoms with Gasteiger partial charge in [-0.25, -0.2) is 4.98 Å². The standard InChI is InChI=1S/C17H19N/c1-2-6-16-13-14(8-10-15(16)5-1)9-11-17-7-3-4-12-18-17/h3-4,7-8,12,15-16H,1-2,5-6,10,13H2. The lowest BCUT2D eigenvalue weighted by Gasteiger charge is -2.34. The van der Waals surface area contributed by atoms with Gasteiger partial charge in [-0.1, -0.05) is 30.9 Å². The van der Waals surface area contributed by atoms with E-state index in [0.717, 1.165) is 17.5 Å². The zero-order chi connectivity index (χ0) is 12.2. The van der Waals surface area contributed by atoms with E-state index >= 15 is 0 Å². The third-order valence-corrected chi connectivity index (χ3v) is 4.23. The molecule has 0 amide bonds. The molecule has 0 aliphatic heterocycles. The molecule has 2 atom stereocenters. The minimum absolute atomic E-state index is 0.879. The summed E-state index contributed by atoms with van der Waals surface area (Å²) in [5, 5.41) is 0. The van der Waals surface area contributed by atoms with Crippen LogP contribution in [-0.4, -0.2) is 4.98 Å². The molecule has 1 heteroatoms. The minimum atomic E-state index is 0.879. The highest BCUT2D eigenvalue weighted by Crippen LogP contribution is 2.39. The van der Waals surface area contributed by atoms with Gasteiger partial charge in [-0.3, -0.25) is 0 Å². The van der Waals surface area contributed by atoms with Crippen molar-refractivity contribution in [3.05, 3.63) is 41.7 Å². The van der Waals surface area contributed by atoms with Crippen LogP contribution in [0.5, 0.6) is 0 Å². The monoisotopic (exact) mass is 237 g/mol. The van der Waals surface area contributed by atoms with Crippen LogP contribution in [0.15, 0.2) is 36.0 Å². The Morgan fingerprint density at radius 2 is 1.94 bits per heavy atom. The SMILES string of the molecule is C(#Cc1ccccn1)C1=CCC2CCCCC2C1. The molecule has 1 aromatic heterocycles. The minimum Gasteiger partial charge on any atom is -0.248 e. The summed E-state index contributed by atoms with van der Waals surface area (Å²) in [7, 11) is 0. The quantitative estimate of drug-likeness (QED) is 0.622. The van der Waals surface area contributed by atoms with E-state index < -0.39 is 0 Å². The van der Waals surface area contributed by atoms with Crippen molar-refractivity contribution in [2.45, 2.75) is 38.5 Å². The van der Waals surface area contributed by atoms with Crippen molar-refractivity contribution in [2.24, 2.45) is 11.8 Å². The Hall–Kier alpha value is -1.55. The lowest BCUT2D eigenvalue weighted by Crippen LogP contribution is -2.22. The van der Waals surface area contributed by atoms with Crippen LogP contribution in [0, 0.1) is 23.7 Å². The maximum Gasteiger partial charge on any atom is 0.113 e. The smallest absolute Gasteiger partial charge is 0.113 e. The van der Waals surface area contributed by atoms with Gasteiger partial charge >= 0.3 is 0 Å². The van der Waals surface area contributed by atoms with Crippen LogP contribution in [0.4, 0.5) is 0 Å². The van der Waals surface area contributed by atoms with Crippen LogP contribution in [-0.2, 0) is 0 Å². The van der Waals surface area contributed by atoms with E-state index in [9.17, 15) is 0 Å². The van der Waals surface area contributed by atoms with E-state index in [4.69, 9.17) is 0 Å². The number of hydrogen-bond donors (Lipinski definition) is 0. The summed E-state index contributed by atoms with van der Waals surface area (Å²) in [5.41, 5.74) is 2.22. The number of rotatable bonds is 0. The average molecular weight is 237 g/mol. The summed E-state index contributed by atoms with van der Waals surface area (Å²) in [6, 6.07) is 5.89. The first-order valence-corrected chi connectivity index (χ1v) is 7.04. The molecule has 0 bridgehead atoms. The number of aromatic nitrogens is 1. The van der Waals surface area contributed by atoms with E-state index in [0.29, 0.717) is 0 Å². The van der Waals surface area contributed by atoms with Crippen LogP contribution in [0.2, 0.25) is 0 Å². The summed E-state index contributed by atoms with van der Waals surface area (Å²) in [6.45, 7) is 0. The third kappa shape index (κ3) is 2.64. The zero-order valence-corrected chi connectivity index (χ0v) is 10.7. The Morgan fingerprint density at radius 3 is 2.78 bits per heavy atom. The average Bonchev–Trinajstić information content (AvgIpc) is 2.46. The summed E-state index contributed by atoms with van der Waals surface area (Å²) < 4.78 is 0. The molecule has 1 nitrogen and oxygen atoms in total. The van der Waals surface area contributed by atoms with E-state index in [-0.39, 0.29) is 0 Å². The molecule has 1 saturated carbocycles. The van der Waals surface area contributed by atoms with E-state index in [1.165, 1.54) is 44.1 Å². The molecule has 2 aliphatic rings. The fourth-order valence-corrected chi connectivity index (χ4v) is 3.21. The molecule has 0 spiro atoms. The molecule has 1 heterocycles. The van der Waals surface area contributed by atoms with Crippen molar-refractivity contribution < 1.29 is 0 Å². The number of fused-ring (bicyclic) bond motifs is 1. The predicted octanol–water partition coefficient (Wildman–Crippen LogP) is 3.96. The van der Waals surface area contributed by atoms with Gasteiger partial charge in [0.15, 0.2) is 0 Å². The second-order valence-corrected chi connectivity index (χ2v) is 5.44. The predicted molar refractivity (Wildman–Crippen MR) is 73.9 cm³/mol. The van der Waals surface area contributed by atoms with Gasteiger partial charge in [0.2, 0.25) is 0 Å². The highest BCUT2D eigenvalue weighted by molar-refractivity contribution is 5.38. The van der Waals surface area contributed by atoms with Crippen LogP contribution in [0.25, 0.3) is 0 Å². The number of pyridine rings is 1. The topological polar surface area (TPSA) is 12.9 Å². The van der Waals surface area contributed by atoms with Crippen LogP contribution in [0.3, 0.4) is 0 Å². The highest BCUT2D eigenvalue weighted by atomic mass is 14.6. The molecular weight excluding hydrogens is 218 g/mol. The fourth-order valence-electron chi connectivity index (χ4n) is 3.21. The molecule has 0 saturated heterocycles. The van der Waals surface area contributed by atoms with Crippen molar-refractivity contribution in [1.29, 1.82) is 0 Å². The van der Waals surface area contributed by atoms with Crippen LogP contribution in [0.1, 0.15) is 44.2 Å². The van der Waals surface area contributed by atoms with Crippen molar-refractivity contribution in [2.75, 3.05) is 0 Å². The largest absolute Gasteiger partial charge is 0.248 e. The molecule has 3 rings (SSSR count). The van der Waals surface area contributed by atoms with Crippen molar-refractivity contribution in [3.8, 4) is 11.8 Å². The molecule has 0 N–H and O–H groups in total. The first-order valence-electron chi connectivity index (χ1n) is 7.04. The number of allylic oxidation sites excluding steroid dienone is 2. The maximum absolute atomic E-state index is 4.24. The van der Waals surface area contributed by atoms with E-state index in [1.807, 2.05) is 18.2 Å². The highest BCUT2D eigenvalue weighted by Gasteiger charge is 2.27. The summed E-state index contributed by atoms with van der Waals surface area (Å²) in [6.07, 6.45) is 12.3. The van der Waals surface area contributed by atoms with Gasteiger partial charge in [-0.15, -0.1) is 0 Å². The molecular formula is C17H19N. The number of hydrogen-bond acceptors (Lipinski definition) is 1. The first-order chi connectivity index (χ1) is 8.92. The van der Waals surface area contributed by atoms with Crippen molar-refractivity contribution in [1.82, 2.24) is 4.98 Å². The van der Waals surface area contributed by atoms with Gasteiger partial charge in [0, 0.05) is 6.20 Å². The molecule has 0 radical (unpaired) electrons. The third-order valence-electron chi connectivity index (χ3n) is 4.23. The van der Waals surface area contributed by atoms with Crippen molar-refractivity contribution >= 4 is 0 Å². The Labute approximate surface area is 109 Å². The van der Waals surface area contributed by atoms with Gasteiger partial charge in [0.25, 0.3) is 0 Å². The Bertz CT molecular complexity index is 489. The van der Waals surface area contributed by atoms with Gasteiger partial charge < -0.3 is 0 Å². The van der Waals surface area contributed by atoms with Gasteiger partial charge in [0.1, 0.15) is 5.69 Å². The Morgan fingerprint density at radius 1 is 1.06 bits per heavy atom. The van der Waals surface area contributed by atoms with Crippen LogP contribution < -0.4 is 0 Å². The second-order valence-electron chi connectivity index (χ2n) is 5.44. The first kappa shape index (κ1) is 11.5. The molecule has 1 aromatic rings. The molecule has 0 aromatic carbocycles. The summed E-state index contributed by atoms with van der Waals surface area (Å²) in [5.74, 6) is 8.34. The maximum atomic E-state index is 4.24. The van der Waals surface area contributed by atoms with Gasteiger partial charge in [-0.05, 0) is 61.1 Å².